The van der Waals surface area contributed by atoms with Crippen LogP contribution in [0.2, 0.25) is 10.2 Å². The van der Waals surface area contributed by atoms with Crippen molar-refractivity contribution in [1.29, 1.82) is 0 Å². The average molecular weight is 278 g/mol. The molecular weight excluding hydrogens is 269 g/mol. The quantitative estimate of drug-likeness (QED) is 0.668. The lowest BCUT2D eigenvalue weighted by atomic mass is 10.2. The molecule has 0 N–H and O–H groups in total. The van der Waals surface area contributed by atoms with E-state index in [4.69, 9.17) is 23.2 Å². The maximum absolute atomic E-state index is 6.10. The van der Waals surface area contributed by atoms with Crippen molar-refractivity contribution in [1.82, 2.24) is 14.8 Å². The van der Waals surface area contributed by atoms with Gasteiger partial charge in [-0.3, -0.25) is 0 Å². The third kappa shape index (κ3) is 2.07. The maximum Gasteiger partial charge on any atom is 0.161 e. The van der Waals surface area contributed by atoms with Crippen LogP contribution >= 0.6 is 23.2 Å². The first-order valence-corrected chi connectivity index (χ1v) is 6.21. The van der Waals surface area contributed by atoms with E-state index in [1.807, 2.05) is 30.3 Å². The SMILES string of the molecule is Clc1cc(Cl)c2cnn(Cc3ccccc3)c2n1. The Bertz CT molecular complexity index is 692. The van der Waals surface area contributed by atoms with Crippen LogP contribution in [0.15, 0.2) is 42.6 Å². The minimum atomic E-state index is 0.377. The molecule has 3 aromatic rings. The highest BCUT2D eigenvalue weighted by Crippen LogP contribution is 2.25. The van der Waals surface area contributed by atoms with Crippen molar-refractivity contribution in [2.24, 2.45) is 0 Å². The van der Waals surface area contributed by atoms with Crippen molar-refractivity contribution in [2.45, 2.75) is 6.54 Å². The van der Waals surface area contributed by atoms with Gasteiger partial charge in [-0.2, -0.15) is 5.10 Å². The highest BCUT2D eigenvalue weighted by molar-refractivity contribution is 6.37. The number of nitrogens with zero attached hydrogens (tertiary/aromatic N) is 3. The number of pyridine rings is 1. The summed E-state index contributed by atoms with van der Waals surface area (Å²) in [5.41, 5.74) is 1.86. The number of benzene rings is 1. The summed E-state index contributed by atoms with van der Waals surface area (Å²) in [5, 5.41) is 6.07. The number of rotatable bonds is 2. The molecule has 5 heteroatoms. The van der Waals surface area contributed by atoms with E-state index in [0.717, 1.165) is 10.9 Å². The van der Waals surface area contributed by atoms with Gasteiger partial charge < -0.3 is 0 Å². The van der Waals surface area contributed by atoms with Gasteiger partial charge in [0.2, 0.25) is 0 Å². The van der Waals surface area contributed by atoms with Crippen molar-refractivity contribution < 1.29 is 0 Å². The molecule has 0 aliphatic rings. The molecule has 0 aliphatic heterocycles. The molecule has 0 fully saturated rings. The van der Waals surface area contributed by atoms with Gasteiger partial charge in [-0.1, -0.05) is 53.5 Å². The molecular formula is C13H9Cl2N3. The first-order valence-electron chi connectivity index (χ1n) is 5.45. The third-order valence-corrected chi connectivity index (χ3v) is 3.21. The number of fused-ring (bicyclic) bond motifs is 1. The normalized spacial score (nSPS) is 11.0. The van der Waals surface area contributed by atoms with E-state index in [0.29, 0.717) is 22.4 Å². The number of hydrogen-bond donors (Lipinski definition) is 0. The zero-order valence-electron chi connectivity index (χ0n) is 9.35. The number of hydrogen-bond acceptors (Lipinski definition) is 2. The summed E-state index contributed by atoms with van der Waals surface area (Å²) in [5.74, 6) is 0. The standard InChI is InChI=1S/C13H9Cl2N3/c14-11-6-12(15)17-13-10(11)7-16-18(13)8-9-4-2-1-3-5-9/h1-7H,8H2. The van der Waals surface area contributed by atoms with Crippen molar-refractivity contribution in [3.8, 4) is 0 Å². The largest absolute Gasteiger partial charge is 0.243 e. The molecule has 0 bridgehead atoms. The van der Waals surface area contributed by atoms with Gasteiger partial charge in [-0.15, -0.1) is 0 Å². The highest BCUT2D eigenvalue weighted by atomic mass is 35.5. The molecule has 0 radical (unpaired) electrons. The fourth-order valence-corrected chi connectivity index (χ4v) is 2.33. The molecule has 2 aromatic heterocycles. The second kappa shape index (κ2) is 4.59. The third-order valence-electron chi connectivity index (χ3n) is 2.70. The molecule has 2 heterocycles. The minimum absolute atomic E-state index is 0.377. The summed E-state index contributed by atoms with van der Waals surface area (Å²) in [6, 6.07) is 11.7. The van der Waals surface area contributed by atoms with E-state index in [1.54, 1.807) is 16.9 Å². The average Bonchev–Trinajstić information content (AvgIpc) is 2.74. The maximum atomic E-state index is 6.10. The van der Waals surface area contributed by atoms with Gasteiger partial charge in [-0.25, -0.2) is 9.67 Å². The Balaban J connectivity index is 2.08. The van der Waals surface area contributed by atoms with Crippen LogP contribution in [0, 0.1) is 0 Å². The van der Waals surface area contributed by atoms with Crippen LogP contribution in [0.25, 0.3) is 11.0 Å². The topological polar surface area (TPSA) is 30.7 Å². The Hall–Kier alpha value is -1.58. The van der Waals surface area contributed by atoms with Crippen molar-refractivity contribution >= 4 is 34.2 Å². The van der Waals surface area contributed by atoms with Crippen LogP contribution in [-0.4, -0.2) is 14.8 Å². The van der Waals surface area contributed by atoms with Crippen LogP contribution in [0.1, 0.15) is 5.56 Å². The number of halogens is 2. The fourth-order valence-electron chi connectivity index (χ4n) is 1.85. The van der Waals surface area contributed by atoms with E-state index in [9.17, 15) is 0 Å². The lowest BCUT2D eigenvalue weighted by Crippen LogP contribution is -2.02. The van der Waals surface area contributed by atoms with E-state index < -0.39 is 0 Å². The molecule has 0 saturated heterocycles. The van der Waals surface area contributed by atoms with Gasteiger partial charge in [0.1, 0.15) is 5.15 Å². The van der Waals surface area contributed by atoms with Crippen molar-refractivity contribution in [3.05, 3.63) is 58.3 Å². The Labute approximate surface area is 114 Å². The van der Waals surface area contributed by atoms with Gasteiger partial charge in [0.25, 0.3) is 0 Å². The molecule has 0 aliphatic carbocycles. The van der Waals surface area contributed by atoms with Crippen molar-refractivity contribution in [3.63, 3.8) is 0 Å². The first-order chi connectivity index (χ1) is 8.74. The fraction of sp³-hybridized carbons (Fsp3) is 0.0769. The lowest BCUT2D eigenvalue weighted by molar-refractivity contribution is 0.704. The van der Waals surface area contributed by atoms with Crippen molar-refractivity contribution in [2.75, 3.05) is 0 Å². The zero-order valence-corrected chi connectivity index (χ0v) is 10.9. The Kier molecular flexibility index (Phi) is 2.94. The zero-order chi connectivity index (χ0) is 12.5. The van der Waals surface area contributed by atoms with E-state index in [2.05, 4.69) is 10.1 Å². The smallest absolute Gasteiger partial charge is 0.161 e. The molecule has 0 saturated carbocycles. The summed E-state index contributed by atoms with van der Waals surface area (Å²) < 4.78 is 1.79. The summed E-state index contributed by atoms with van der Waals surface area (Å²) in [7, 11) is 0. The molecule has 1 aromatic carbocycles. The molecule has 3 rings (SSSR count). The molecule has 0 spiro atoms. The van der Waals surface area contributed by atoms with Crippen LogP contribution in [0.4, 0.5) is 0 Å². The predicted octanol–water partition coefficient (Wildman–Crippen LogP) is 3.79. The van der Waals surface area contributed by atoms with Gasteiger partial charge in [0.05, 0.1) is 23.2 Å². The van der Waals surface area contributed by atoms with E-state index in [1.165, 1.54) is 0 Å². The highest BCUT2D eigenvalue weighted by Gasteiger charge is 2.09. The summed E-state index contributed by atoms with van der Waals surface area (Å²) >= 11 is 12.0. The van der Waals surface area contributed by atoms with Crippen LogP contribution < -0.4 is 0 Å². The molecule has 18 heavy (non-hydrogen) atoms. The van der Waals surface area contributed by atoms with Crippen LogP contribution in [0.3, 0.4) is 0 Å². The van der Waals surface area contributed by atoms with Gasteiger partial charge in [0.15, 0.2) is 5.65 Å². The second-order valence-electron chi connectivity index (χ2n) is 3.95. The minimum Gasteiger partial charge on any atom is -0.243 e. The number of aromatic nitrogens is 3. The van der Waals surface area contributed by atoms with Crippen LogP contribution in [-0.2, 0) is 6.54 Å². The van der Waals surface area contributed by atoms with Gasteiger partial charge in [-0.05, 0) is 11.6 Å². The molecule has 0 amide bonds. The first kappa shape index (κ1) is 11.5. The lowest BCUT2D eigenvalue weighted by Gasteiger charge is -2.03. The van der Waals surface area contributed by atoms with Crippen LogP contribution in [0.5, 0.6) is 0 Å². The van der Waals surface area contributed by atoms with E-state index in [-0.39, 0.29) is 0 Å². The summed E-state index contributed by atoms with van der Waals surface area (Å²) in [6.45, 7) is 0.647. The van der Waals surface area contributed by atoms with Gasteiger partial charge >= 0.3 is 0 Å². The Morgan fingerprint density at radius 2 is 1.89 bits per heavy atom. The molecule has 0 atom stereocenters. The molecule has 3 nitrogen and oxygen atoms in total. The summed E-state index contributed by atoms with van der Waals surface area (Å²) in [4.78, 5) is 4.27. The predicted molar refractivity (Wildman–Crippen MR) is 73.1 cm³/mol. The Morgan fingerprint density at radius 1 is 1.11 bits per heavy atom. The second-order valence-corrected chi connectivity index (χ2v) is 4.75. The molecule has 0 unspecified atom stereocenters. The molecule has 90 valence electrons. The summed E-state index contributed by atoms with van der Waals surface area (Å²) in [6.07, 6.45) is 1.71. The monoisotopic (exact) mass is 277 g/mol. The van der Waals surface area contributed by atoms with E-state index >= 15 is 0 Å². The Morgan fingerprint density at radius 3 is 2.67 bits per heavy atom. The van der Waals surface area contributed by atoms with Gasteiger partial charge in [0, 0.05) is 0 Å².